The number of anilines is 1. The van der Waals surface area contributed by atoms with E-state index in [0.29, 0.717) is 0 Å². The van der Waals surface area contributed by atoms with Gasteiger partial charge in [-0.15, -0.1) is 0 Å². The lowest BCUT2D eigenvalue weighted by atomic mass is 9.87. The normalized spacial score (nSPS) is 11.0. The van der Waals surface area contributed by atoms with E-state index in [1.807, 2.05) is 56.3 Å². The molecule has 0 atom stereocenters. The molecule has 0 aromatic heterocycles. The third kappa shape index (κ3) is 5.01. The fraction of sp³-hybridized carbons (Fsp3) is 0.350. The van der Waals surface area contributed by atoms with Crippen LogP contribution in [-0.2, 0) is 5.41 Å². The number of benzene rings is 2. The van der Waals surface area contributed by atoms with Gasteiger partial charge in [0, 0.05) is 5.69 Å². The van der Waals surface area contributed by atoms with Crippen LogP contribution in [0.15, 0.2) is 42.5 Å². The van der Waals surface area contributed by atoms with Crippen molar-refractivity contribution in [2.45, 2.75) is 40.0 Å². The lowest BCUT2D eigenvalue weighted by Gasteiger charge is -2.19. The first-order valence-corrected chi connectivity index (χ1v) is 8.11. The van der Waals surface area contributed by atoms with Gasteiger partial charge in [0.15, 0.2) is 6.73 Å². The van der Waals surface area contributed by atoms with Gasteiger partial charge in [-0.3, -0.25) is 0 Å². The molecule has 0 saturated heterocycles. The molecule has 2 aromatic carbocycles. The van der Waals surface area contributed by atoms with Gasteiger partial charge in [0.25, 0.3) is 0 Å². The average molecular weight is 326 g/mol. The van der Waals surface area contributed by atoms with E-state index in [4.69, 9.17) is 4.74 Å². The standard InChI is InChI=1S/C20H26N2O2/c1-14-6-11-18(15(2)12-14)24-13-21-19(23)22-17-9-7-16(8-10-17)20(3,4)5/h6-12H,13H2,1-5H3,(H2,21,22,23). The summed E-state index contributed by atoms with van der Waals surface area (Å²) in [4.78, 5) is 11.9. The third-order valence-electron chi connectivity index (χ3n) is 3.80. The predicted molar refractivity (Wildman–Crippen MR) is 98.7 cm³/mol. The van der Waals surface area contributed by atoms with E-state index in [1.165, 1.54) is 11.1 Å². The average Bonchev–Trinajstić information content (AvgIpc) is 2.49. The van der Waals surface area contributed by atoms with Gasteiger partial charge in [-0.2, -0.15) is 0 Å². The summed E-state index contributed by atoms with van der Waals surface area (Å²) in [7, 11) is 0. The fourth-order valence-corrected chi connectivity index (χ4v) is 2.37. The highest BCUT2D eigenvalue weighted by molar-refractivity contribution is 5.89. The van der Waals surface area contributed by atoms with Crippen LogP contribution >= 0.6 is 0 Å². The number of carbonyl (C=O) groups excluding carboxylic acids is 1. The van der Waals surface area contributed by atoms with E-state index in [9.17, 15) is 4.79 Å². The molecule has 2 amide bonds. The highest BCUT2D eigenvalue weighted by Gasteiger charge is 2.13. The van der Waals surface area contributed by atoms with Crippen LogP contribution in [0.2, 0.25) is 0 Å². The monoisotopic (exact) mass is 326 g/mol. The van der Waals surface area contributed by atoms with Crippen molar-refractivity contribution in [3.8, 4) is 5.75 Å². The van der Waals surface area contributed by atoms with Gasteiger partial charge in [0.2, 0.25) is 0 Å². The van der Waals surface area contributed by atoms with E-state index in [2.05, 4.69) is 31.4 Å². The lowest BCUT2D eigenvalue weighted by molar-refractivity contribution is 0.234. The molecule has 24 heavy (non-hydrogen) atoms. The molecule has 128 valence electrons. The number of rotatable bonds is 4. The number of hydrogen-bond donors (Lipinski definition) is 2. The molecule has 0 aliphatic rings. The zero-order chi connectivity index (χ0) is 17.7. The number of nitrogens with one attached hydrogen (secondary N) is 2. The molecule has 0 aliphatic heterocycles. The molecule has 2 rings (SSSR count). The molecular formula is C20H26N2O2. The second-order valence-electron chi connectivity index (χ2n) is 7.02. The summed E-state index contributed by atoms with van der Waals surface area (Å²) in [5.41, 5.74) is 4.32. The Hall–Kier alpha value is -2.49. The van der Waals surface area contributed by atoms with Crippen LogP contribution < -0.4 is 15.4 Å². The Morgan fingerprint density at radius 2 is 1.71 bits per heavy atom. The van der Waals surface area contributed by atoms with Crippen molar-refractivity contribution in [3.63, 3.8) is 0 Å². The Bertz CT molecular complexity index is 701. The minimum absolute atomic E-state index is 0.0977. The van der Waals surface area contributed by atoms with Crippen LogP contribution in [0.1, 0.15) is 37.5 Å². The Morgan fingerprint density at radius 1 is 1.04 bits per heavy atom. The second-order valence-corrected chi connectivity index (χ2v) is 7.02. The molecule has 2 aromatic rings. The fourth-order valence-electron chi connectivity index (χ4n) is 2.37. The molecule has 0 aliphatic carbocycles. The van der Waals surface area contributed by atoms with Gasteiger partial charge >= 0.3 is 6.03 Å². The van der Waals surface area contributed by atoms with Crippen LogP contribution in [0, 0.1) is 13.8 Å². The minimum atomic E-state index is -0.289. The van der Waals surface area contributed by atoms with Crippen molar-refractivity contribution in [3.05, 3.63) is 59.2 Å². The van der Waals surface area contributed by atoms with Gasteiger partial charge in [-0.1, -0.05) is 50.6 Å². The largest absolute Gasteiger partial charge is 0.473 e. The quantitative estimate of drug-likeness (QED) is 0.796. The Kier molecular flexibility index (Phi) is 5.50. The molecule has 0 saturated carbocycles. The predicted octanol–water partition coefficient (Wildman–Crippen LogP) is 4.76. The zero-order valence-electron chi connectivity index (χ0n) is 15.1. The van der Waals surface area contributed by atoms with Crippen molar-refractivity contribution >= 4 is 11.7 Å². The summed E-state index contributed by atoms with van der Waals surface area (Å²) < 4.78 is 5.59. The van der Waals surface area contributed by atoms with Crippen molar-refractivity contribution < 1.29 is 9.53 Å². The van der Waals surface area contributed by atoms with Gasteiger partial charge < -0.3 is 15.4 Å². The summed E-state index contributed by atoms with van der Waals surface area (Å²) >= 11 is 0. The van der Waals surface area contributed by atoms with Gasteiger partial charge in [-0.25, -0.2) is 4.79 Å². The number of carbonyl (C=O) groups is 1. The Balaban J connectivity index is 1.83. The smallest absolute Gasteiger partial charge is 0.321 e. The summed E-state index contributed by atoms with van der Waals surface area (Å²) in [6.45, 7) is 10.6. The first-order valence-electron chi connectivity index (χ1n) is 8.11. The van der Waals surface area contributed by atoms with E-state index in [0.717, 1.165) is 17.0 Å². The molecule has 2 N–H and O–H groups in total. The zero-order valence-corrected chi connectivity index (χ0v) is 15.1. The SMILES string of the molecule is Cc1ccc(OCNC(=O)Nc2ccc(C(C)(C)C)cc2)c(C)c1. The summed E-state index contributed by atoms with van der Waals surface area (Å²) in [5.74, 6) is 0.774. The maximum absolute atomic E-state index is 11.9. The molecule has 0 unspecified atom stereocenters. The van der Waals surface area contributed by atoms with E-state index >= 15 is 0 Å². The summed E-state index contributed by atoms with van der Waals surface area (Å²) in [6.07, 6.45) is 0. The van der Waals surface area contributed by atoms with Crippen molar-refractivity contribution in [1.29, 1.82) is 0 Å². The molecule has 0 fully saturated rings. The summed E-state index contributed by atoms with van der Waals surface area (Å²) in [6, 6.07) is 13.5. The molecule has 0 radical (unpaired) electrons. The van der Waals surface area contributed by atoms with Gasteiger partial charge in [0.05, 0.1) is 0 Å². The van der Waals surface area contributed by atoms with Crippen LogP contribution in [0.25, 0.3) is 0 Å². The topological polar surface area (TPSA) is 50.4 Å². The maximum atomic E-state index is 11.9. The number of hydrogen-bond acceptors (Lipinski definition) is 2. The first kappa shape index (κ1) is 17.9. The first-order chi connectivity index (χ1) is 11.3. The van der Waals surface area contributed by atoms with E-state index < -0.39 is 0 Å². The van der Waals surface area contributed by atoms with Crippen LogP contribution in [-0.4, -0.2) is 12.8 Å². The maximum Gasteiger partial charge on any atom is 0.321 e. The van der Waals surface area contributed by atoms with Crippen LogP contribution in [0.3, 0.4) is 0 Å². The molecule has 0 heterocycles. The minimum Gasteiger partial charge on any atom is -0.473 e. The van der Waals surface area contributed by atoms with Gasteiger partial charge in [0.1, 0.15) is 5.75 Å². The molecule has 0 spiro atoms. The summed E-state index contributed by atoms with van der Waals surface area (Å²) in [5, 5.41) is 5.49. The van der Waals surface area contributed by atoms with Crippen molar-refractivity contribution in [2.75, 3.05) is 12.0 Å². The second kappa shape index (κ2) is 7.39. The lowest BCUT2D eigenvalue weighted by Crippen LogP contribution is -2.32. The number of amides is 2. The van der Waals surface area contributed by atoms with Crippen molar-refractivity contribution in [1.82, 2.24) is 5.32 Å². The molecule has 4 heteroatoms. The number of ether oxygens (including phenoxy) is 1. The molecule has 0 bridgehead atoms. The number of urea groups is 1. The molecule has 4 nitrogen and oxygen atoms in total. The number of aryl methyl sites for hydroxylation is 2. The van der Waals surface area contributed by atoms with E-state index in [-0.39, 0.29) is 18.2 Å². The third-order valence-corrected chi connectivity index (χ3v) is 3.80. The Morgan fingerprint density at radius 3 is 2.29 bits per heavy atom. The Labute approximate surface area is 144 Å². The highest BCUT2D eigenvalue weighted by Crippen LogP contribution is 2.23. The van der Waals surface area contributed by atoms with Crippen molar-refractivity contribution in [2.24, 2.45) is 0 Å². The van der Waals surface area contributed by atoms with E-state index in [1.54, 1.807) is 0 Å². The highest BCUT2D eigenvalue weighted by atomic mass is 16.5. The van der Waals surface area contributed by atoms with Gasteiger partial charge in [-0.05, 0) is 48.6 Å². The molecular weight excluding hydrogens is 300 g/mol. The van der Waals surface area contributed by atoms with Crippen LogP contribution in [0.5, 0.6) is 5.75 Å². The van der Waals surface area contributed by atoms with Crippen LogP contribution in [0.4, 0.5) is 10.5 Å².